The number of ether oxygens (including phenoxy) is 2. The van der Waals surface area contributed by atoms with E-state index in [1.165, 1.54) is 6.08 Å². The van der Waals surface area contributed by atoms with Gasteiger partial charge in [-0.1, -0.05) is 44.2 Å². The quantitative estimate of drug-likeness (QED) is 0.585. The summed E-state index contributed by atoms with van der Waals surface area (Å²) >= 11 is 0. The van der Waals surface area contributed by atoms with Crippen LogP contribution in [0.2, 0.25) is 0 Å². The van der Waals surface area contributed by atoms with Crippen molar-refractivity contribution in [1.82, 2.24) is 0 Å². The van der Waals surface area contributed by atoms with Crippen LogP contribution >= 0.6 is 0 Å². The zero-order chi connectivity index (χ0) is 19.8. The summed E-state index contributed by atoms with van der Waals surface area (Å²) in [6.07, 6.45) is 2.90. The molecule has 0 spiro atoms. The lowest BCUT2D eigenvalue weighted by Gasteiger charge is -2.16. The van der Waals surface area contributed by atoms with E-state index in [1.54, 1.807) is 19.3 Å². The molecule has 2 aromatic carbocycles. The standard InChI is InChI=1S/C22H25NO4/c1-15(2)19-10-5-7-16(3)22(19)23-20(24)14-27-21(25)12-11-17-8-6-9-18(13-17)26-4/h5-13,15H,14H2,1-4H3,(H,23,24)/b12-11+. The monoisotopic (exact) mass is 367 g/mol. The van der Waals surface area contributed by atoms with Crippen molar-refractivity contribution in [1.29, 1.82) is 0 Å². The Morgan fingerprint density at radius 2 is 1.89 bits per heavy atom. The van der Waals surface area contributed by atoms with Gasteiger partial charge in [0.15, 0.2) is 6.61 Å². The molecule has 0 radical (unpaired) electrons. The Morgan fingerprint density at radius 1 is 1.15 bits per heavy atom. The number of hydrogen-bond acceptors (Lipinski definition) is 4. The summed E-state index contributed by atoms with van der Waals surface area (Å²) < 4.78 is 10.2. The fraction of sp³-hybridized carbons (Fsp3) is 0.273. The van der Waals surface area contributed by atoms with Crippen molar-refractivity contribution >= 4 is 23.6 Å². The maximum Gasteiger partial charge on any atom is 0.331 e. The second-order valence-electron chi connectivity index (χ2n) is 6.46. The number of nitrogens with one attached hydrogen (secondary N) is 1. The van der Waals surface area contributed by atoms with Gasteiger partial charge in [0, 0.05) is 11.8 Å². The lowest BCUT2D eigenvalue weighted by Crippen LogP contribution is -2.21. The minimum Gasteiger partial charge on any atom is -0.497 e. The molecule has 0 unspecified atom stereocenters. The first-order valence-corrected chi connectivity index (χ1v) is 8.79. The topological polar surface area (TPSA) is 64.6 Å². The Balaban J connectivity index is 1.92. The molecule has 0 aromatic heterocycles. The van der Waals surface area contributed by atoms with Gasteiger partial charge >= 0.3 is 5.97 Å². The molecule has 5 heteroatoms. The van der Waals surface area contributed by atoms with Crippen LogP contribution in [0, 0.1) is 6.92 Å². The first-order chi connectivity index (χ1) is 12.9. The Morgan fingerprint density at radius 3 is 2.59 bits per heavy atom. The Bertz CT molecular complexity index is 840. The van der Waals surface area contributed by atoms with Gasteiger partial charge in [0.2, 0.25) is 0 Å². The molecule has 1 amide bonds. The number of aryl methyl sites for hydroxylation is 1. The summed E-state index contributed by atoms with van der Waals surface area (Å²) in [5, 5.41) is 2.85. The van der Waals surface area contributed by atoms with Gasteiger partial charge in [0.05, 0.1) is 7.11 Å². The predicted octanol–water partition coefficient (Wildman–Crippen LogP) is 4.32. The zero-order valence-corrected chi connectivity index (χ0v) is 16.1. The number of amides is 1. The molecule has 0 bridgehead atoms. The van der Waals surface area contributed by atoms with E-state index >= 15 is 0 Å². The number of carbonyl (C=O) groups is 2. The molecule has 0 aliphatic rings. The Hall–Kier alpha value is -3.08. The highest BCUT2D eigenvalue weighted by Crippen LogP contribution is 2.27. The van der Waals surface area contributed by atoms with Crippen molar-refractivity contribution in [3.05, 3.63) is 65.2 Å². The number of rotatable bonds is 7. The van der Waals surface area contributed by atoms with E-state index in [-0.39, 0.29) is 18.4 Å². The lowest BCUT2D eigenvalue weighted by molar-refractivity contribution is -0.142. The van der Waals surface area contributed by atoms with Crippen molar-refractivity contribution in [2.45, 2.75) is 26.7 Å². The van der Waals surface area contributed by atoms with E-state index in [4.69, 9.17) is 9.47 Å². The third-order valence-corrected chi connectivity index (χ3v) is 4.04. The van der Waals surface area contributed by atoms with Crippen molar-refractivity contribution in [3.8, 4) is 5.75 Å². The summed E-state index contributed by atoms with van der Waals surface area (Å²) in [5.74, 6) is 0.0220. The molecule has 5 nitrogen and oxygen atoms in total. The smallest absolute Gasteiger partial charge is 0.331 e. The van der Waals surface area contributed by atoms with E-state index < -0.39 is 5.97 Å². The molecule has 0 aliphatic carbocycles. The highest BCUT2D eigenvalue weighted by atomic mass is 16.5. The third-order valence-electron chi connectivity index (χ3n) is 4.04. The van der Waals surface area contributed by atoms with E-state index in [2.05, 4.69) is 19.2 Å². The van der Waals surface area contributed by atoms with Crippen molar-refractivity contribution in [2.75, 3.05) is 19.0 Å². The molecule has 0 fully saturated rings. The van der Waals surface area contributed by atoms with Gasteiger partial charge in [0.1, 0.15) is 5.75 Å². The molecule has 0 saturated heterocycles. The van der Waals surface area contributed by atoms with Crippen LogP contribution in [0.5, 0.6) is 5.75 Å². The van der Waals surface area contributed by atoms with Crippen LogP contribution in [-0.2, 0) is 14.3 Å². The van der Waals surface area contributed by atoms with Crippen LogP contribution in [0.1, 0.15) is 36.5 Å². The van der Waals surface area contributed by atoms with Gasteiger partial charge in [0.25, 0.3) is 5.91 Å². The molecule has 2 rings (SSSR count). The van der Waals surface area contributed by atoms with Crippen molar-refractivity contribution in [2.24, 2.45) is 0 Å². The Labute approximate surface area is 160 Å². The van der Waals surface area contributed by atoms with Gasteiger partial charge in [-0.2, -0.15) is 0 Å². The van der Waals surface area contributed by atoms with Crippen molar-refractivity contribution in [3.63, 3.8) is 0 Å². The number of esters is 1. The van der Waals surface area contributed by atoms with Crippen LogP contribution in [0.3, 0.4) is 0 Å². The molecule has 0 heterocycles. The molecular formula is C22H25NO4. The number of carbonyl (C=O) groups excluding carboxylic acids is 2. The summed E-state index contributed by atoms with van der Waals surface area (Å²) in [6, 6.07) is 13.2. The van der Waals surface area contributed by atoms with Crippen LogP contribution in [0.25, 0.3) is 6.08 Å². The van der Waals surface area contributed by atoms with Crippen molar-refractivity contribution < 1.29 is 19.1 Å². The van der Waals surface area contributed by atoms with Gasteiger partial charge in [-0.15, -0.1) is 0 Å². The maximum absolute atomic E-state index is 12.2. The number of benzene rings is 2. The number of methoxy groups -OCH3 is 1. The van der Waals surface area contributed by atoms with Crippen LogP contribution in [-0.4, -0.2) is 25.6 Å². The summed E-state index contributed by atoms with van der Waals surface area (Å²) in [4.78, 5) is 24.0. The molecule has 0 saturated carbocycles. The minimum absolute atomic E-state index is 0.272. The molecule has 1 N–H and O–H groups in total. The summed E-state index contributed by atoms with van der Waals surface area (Å²) in [6.45, 7) is 5.72. The average molecular weight is 367 g/mol. The average Bonchev–Trinajstić information content (AvgIpc) is 2.66. The van der Waals surface area contributed by atoms with E-state index in [1.807, 2.05) is 43.3 Å². The second kappa shape index (κ2) is 9.57. The highest BCUT2D eigenvalue weighted by Gasteiger charge is 2.13. The maximum atomic E-state index is 12.2. The van der Waals surface area contributed by atoms with Gasteiger partial charge in [-0.25, -0.2) is 4.79 Å². The molecule has 0 atom stereocenters. The minimum atomic E-state index is -0.582. The van der Waals surface area contributed by atoms with Crippen LogP contribution in [0.15, 0.2) is 48.5 Å². The van der Waals surface area contributed by atoms with Gasteiger partial charge in [-0.3, -0.25) is 4.79 Å². The fourth-order valence-corrected chi connectivity index (χ4v) is 2.61. The predicted molar refractivity (Wildman–Crippen MR) is 107 cm³/mol. The molecule has 142 valence electrons. The van der Waals surface area contributed by atoms with Gasteiger partial charge in [-0.05, 0) is 47.7 Å². The SMILES string of the molecule is COc1cccc(/C=C/C(=O)OCC(=O)Nc2c(C)cccc2C(C)C)c1. The highest BCUT2D eigenvalue weighted by molar-refractivity contribution is 5.95. The van der Waals surface area contributed by atoms with E-state index in [9.17, 15) is 9.59 Å². The lowest BCUT2D eigenvalue weighted by atomic mass is 9.98. The molecule has 2 aromatic rings. The first-order valence-electron chi connectivity index (χ1n) is 8.79. The largest absolute Gasteiger partial charge is 0.497 e. The van der Waals surface area contributed by atoms with Gasteiger partial charge < -0.3 is 14.8 Å². The Kier molecular flexibility index (Phi) is 7.17. The van der Waals surface area contributed by atoms with Crippen LogP contribution in [0.4, 0.5) is 5.69 Å². The third kappa shape index (κ3) is 5.99. The molecular weight excluding hydrogens is 342 g/mol. The number of anilines is 1. The number of hydrogen-bond donors (Lipinski definition) is 1. The molecule has 0 aliphatic heterocycles. The first kappa shape index (κ1) is 20.2. The normalized spacial score (nSPS) is 10.9. The zero-order valence-electron chi connectivity index (χ0n) is 16.1. The summed E-state index contributed by atoms with van der Waals surface area (Å²) in [7, 11) is 1.58. The summed E-state index contributed by atoms with van der Waals surface area (Å²) in [5.41, 5.74) is 3.60. The van der Waals surface area contributed by atoms with E-state index in [0.717, 1.165) is 22.4 Å². The van der Waals surface area contributed by atoms with Crippen LogP contribution < -0.4 is 10.1 Å². The number of para-hydroxylation sites is 1. The second-order valence-corrected chi connectivity index (χ2v) is 6.46. The molecule has 27 heavy (non-hydrogen) atoms. The van der Waals surface area contributed by atoms with E-state index in [0.29, 0.717) is 5.75 Å². The fourth-order valence-electron chi connectivity index (χ4n) is 2.61.